The summed E-state index contributed by atoms with van der Waals surface area (Å²) < 4.78 is 6.30. The van der Waals surface area contributed by atoms with Gasteiger partial charge in [0.25, 0.3) is 5.88 Å². The molecule has 1 aliphatic carbocycles. The number of aryl methyl sites for hydroxylation is 1. The summed E-state index contributed by atoms with van der Waals surface area (Å²) in [5.74, 6) is 2.41. The van der Waals surface area contributed by atoms with Crippen molar-refractivity contribution >= 4 is 17.3 Å². The Morgan fingerprint density at radius 3 is 2.89 bits per heavy atom. The van der Waals surface area contributed by atoms with Crippen LogP contribution >= 0.6 is 0 Å². The third-order valence-corrected chi connectivity index (χ3v) is 8.93. The summed E-state index contributed by atoms with van der Waals surface area (Å²) in [5.41, 5.74) is 13.7. The van der Waals surface area contributed by atoms with Crippen LogP contribution in [0.1, 0.15) is 60.9 Å². The number of piperidine rings is 1. The molecular formula is C29H33N7O. The van der Waals surface area contributed by atoms with Crippen LogP contribution in [0.15, 0.2) is 47.6 Å². The first-order chi connectivity index (χ1) is 17.7. The van der Waals surface area contributed by atoms with Crippen LogP contribution in [0.2, 0.25) is 0 Å². The molecular weight excluding hydrogens is 462 g/mol. The van der Waals surface area contributed by atoms with E-state index in [1.807, 2.05) is 12.3 Å². The average Bonchev–Trinajstić information content (AvgIpc) is 3.45. The lowest BCUT2D eigenvalue weighted by atomic mass is 9.70. The number of benzene rings is 1. The number of nitrogens with two attached hydrogens (primary N) is 1. The molecule has 2 N–H and O–H groups in total. The average molecular weight is 496 g/mol. The normalized spacial score (nSPS) is 26.8. The molecule has 37 heavy (non-hydrogen) atoms. The Morgan fingerprint density at radius 2 is 1.97 bits per heavy atom. The van der Waals surface area contributed by atoms with Gasteiger partial charge in [0.05, 0.1) is 29.7 Å². The van der Waals surface area contributed by atoms with Crippen molar-refractivity contribution in [2.75, 3.05) is 29.5 Å². The molecule has 1 saturated heterocycles. The molecule has 190 valence electrons. The summed E-state index contributed by atoms with van der Waals surface area (Å²) >= 11 is 0. The Hall–Kier alpha value is -3.52. The van der Waals surface area contributed by atoms with Gasteiger partial charge in [-0.2, -0.15) is 0 Å². The lowest BCUT2D eigenvalue weighted by Crippen LogP contribution is -2.54. The van der Waals surface area contributed by atoms with Crippen LogP contribution in [0.3, 0.4) is 0 Å². The van der Waals surface area contributed by atoms with Gasteiger partial charge in [-0.05, 0) is 60.8 Å². The van der Waals surface area contributed by atoms with Gasteiger partial charge in [0, 0.05) is 25.3 Å². The van der Waals surface area contributed by atoms with Gasteiger partial charge in [0.2, 0.25) is 0 Å². The number of hydrogen-bond acceptors (Lipinski definition) is 8. The fraction of sp³-hybridized carbons (Fsp3) is 0.448. The van der Waals surface area contributed by atoms with E-state index in [4.69, 9.17) is 25.4 Å². The van der Waals surface area contributed by atoms with Gasteiger partial charge in [-0.25, -0.2) is 9.97 Å². The lowest BCUT2D eigenvalue weighted by Gasteiger charge is -2.49. The number of hydrogen-bond donors (Lipinski definition) is 1. The second kappa shape index (κ2) is 8.25. The maximum absolute atomic E-state index is 6.85. The number of pyridine rings is 1. The number of fused-ring (bicyclic) bond motifs is 6. The molecule has 0 unspecified atom stereocenters. The molecule has 1 fully saturated rings. The third kappa shape index (κ3) is 3.24. The molecule has 6 heterocycles. The van der Waals surface area contributed by atoms with Gasteiger partial charge in [-0.1, -0.05) is 31.7 Å². The van der Waals surface area contributed by atoms with Crippen LogP contribution in [0.4, 0.5) is 11.5 Å². The zero-order chi connectivity index (χ0) is 23.9. The smallest absolute Gasteiger partial charge is 0.258 e. The number of aromatic nitrogens is 3. The number of ether oxygens (including phenoxy) is 1. The van der Waals surface area contributed by atoms with Crippen molar-refractivity contribution in [1.82, 2.24) is 15.0 Å². The fourth-order valence-electron chi connectivity index (χ4n) is 7.14. The Kier molecular flexibility index (Phi) is 5.05. The number of aliphatic imine (C=N–C) groups is 1. The van der Waals surface area contributed by atoms with E-state index in [0.29, 0.717) is 19.0 Å². The van der Waals surface area contributed by atoms with Gasteiger partial charge in [0.15, 0.2) is 11.7 Å². The second-order valence-electron chi connectivity index (χ2n) is 10.8. The molecule has 4 aliphatic heterocycles. The molecule has 2 aromatic heterocycles. The van der Waals surface area contributed by atoms with E-state index in [0.717, 1.165) is 79.6 Å². The minimum absolute atomic E-state index is 0. The molecule has 8 nitrogen and oxygen atoms in total. The monoisotopic (exact) mass is 495 g/mol. The van der Waals surface area contributed by atoms with Crippen LogP contribution in [-0.4, -0.2) is 46.5 Å². The van der Waals surface area contributed by atoms with Crippen LogP contribution in [-0.2, 0) is 19.4 Å². The van der Waals surface area contributed by atoms with Gasteiger partial charge in [-0.15, -0.1) is 0 Å². The zero-order valence-electron chi connectivity index (χ0n) is 20.2. The molecule has 0 radical (unpaired) electrons. The van der Waals surface area contributed by atoms with Crippen molar-refractivity contribution in [3.8, 4) is 5.88 Å². The maximum atomic E-state index is 6.85. The molecule has 1 spiro atoms. The Labute approximate surface area is 217 Å². The highest BCUT2D eigenvalue weighted by Crippen LogP contribution is 2.53. The predicted octanol–water partition coefficient (Wildman–Crippen LogP) is 3.82. The highest BCUT2D eigenvalue weighted by atomic mass is 16.5. The van der Waals surface area contributed by atoms with Crippen molar-refractivity contribution < 1.29 is 4.74 Å². The van der Waals surface area contributed by atoms with Crippen LogP contribution in [0, 0.1) is 5.41 Å². The first-order valence-electron chi connectivity index (χ1n) is 13.1. The molecule has 0 saturated carbocycles. The molecule has 5 aliphatic rings. The van der Waals surface area contributed by atoms with Crippen molar-refractivity contribution in [2.45, 2.75) is 58.2 Å². The van der Waals surface area contributed by atoms with E-state index >= 15 is 0 Å². The van der Waals surface area contributed by atoms with E-state index in [1.54, 1.807) is 0 Å². The molecule has 0 bridgehead atoms. The largest absolute Gasteiger partial charge is 0.473 e. The van der Waals surface area contributed by atoms with E-state index in [1.165, 1.54) is 11.1 Å². The van der Waals surface area contributed by atoms with Crippen molar-refractivity contribution in [1.29, 1.82) is 0 Å². The SMILES string of the molecule is C.N[C@@H]1c2ccccc2C[C@@]12CCN1c3nc4c(nc3OC[C@H]1C2)C(N1CCCc2ncccc21)=NC4. The van der Waals surface area contributed by atoms with E-state index in [2.05, 4.69) is 45.1 Å². The predicted molar refractivity (Wildman–Crippen MR) is 144 cm³/mol. The third-order valence-electron chi connectivity index (χ3n) is 8.93. The van der Waals surface area contributed by atoms with Crippen LogP contribution in [0.5, 0.6) is 5.88 Å². The van der Waals surface area contributed by atoms with Gasteiger partial charge in [-0.3, -0.25) is 9.98 Å². The molecule has 8 heteroatoms. The molecule has 1 aromatic carbocycles. The quantitative estimate of drug-likeness (QED) is 0.507. The Morgan fingerprint density at radius 1 is 1.05 bits per heavy atom. The van der Waals surface area contributed by atoms with Crippen molar-refractivity contribution in [2.24, 2.45) is 16.1 Å². The highest BCUT2D eigenvalue weighted by molar-refractivity contribution is 6.11. The Balaban J connectivity index is 0.00000231. The molecule has 3 aromatic rings. The minimum atomic E-state index is 0. The summed E-state index contributed by atoms with van der Waals surface area (Å²) in [5, 5.41) is 0. The maximum Gasteiger partial charge on any atom is 0.258 e. The fourth-order valence-corrected chi connectivity index (χ4v) is 7.14. The number of amidine groups is 1. The van der Waals surface area contributed by atoms with E-state index in [-0.39, 0.29) is 24.9 Å². The molecule has 0 amide bonds. The number of rotatable bonds is 0. The highest BCUT2D eigenvalue weighted by Gasteiger charge is 2.50. The van der Waals surface area contributed by atoms with E-state index < -0.39 is 0 Å². The van der Waals surface area contributed by atoms with Gasteiger partial charge < -0.3 is 20.3 Å². The number of anilines is 2. The summed E-state index contributed by atoms with van der Waals surface area (Å²) in [7, 11) is 0. The standard InChI is InChI=1S/C28H29N7O.CH4/c29-24-19-6-2-1-5-17(19)13-28(24)9-12-34-18(14-28)16-36-27-26(34)32-21-15-31-25(23(21)33-27)35-11-4-7-20-22(35)8-3-10-30-20;/h1-3,5-6,8,10,18,24H,4,7,9,11-16,29H2;1H4/t18-,24-,28-;/m1./s1. The first kappa shape index (κ1) is 22.7. The summed E-state index contributed by atoms with van der Waals surface area (Å²) in [6.45, 7) is 3.01. The second-order valence-corrected chi connectivity index (χ2v) is 10.8. The Bertz CT molecular complexity index is 1420. The van der Waals surface area contributed by atoms with Crippen LogP contribution in [0.25, 0.3) is 0 Å². The summed E-state index contributed by atoms with van der Waals surface area (Å²) in [6, 6.07) is 13.2. The molecule has 3 atom stereocenters. The first-order valence-corrected chi connectivity index (χ1v) is 13.1. The van der Waals surface area contributed by atoms with Crippen molar-refractivity contribution in [3.05, 3.63) is 70.8 Å². The van der Waals surface area contributed by atoms with Crippen molar-refractivity contribution in [3.63, 3.8) is 0 Å². The zero-order valence-corrected chi connectivity index (χ0v) is 20.2. The number of nitrogens with zero attached hydrogens (tertiary/aromatic N) is 6. The van der Waals surface area contributed by atoms with Crippen LogP contribution < -0.4 is 20.3 Å². The summed E-state index contributed by atoms with van der Waals surface area (Å²) in [6.07, 6.45) is 7.04. The van der Waals surface area contributed by atoms with Gasteiger partial charge in [0.1, 0.15) is 12.3 Å². The minimum Gasteiger partial charge on any atom is -0.473 e. The molecule has 8 rings (SSSR count). The van der Waals surface area contributed by atoms with E-state index in [9.17, 15) is 0 Å². The lowest BCUT2D eigenvalue weighted by molar-refractivity contribution is 0.120. The summed E-state index contributed by atoms with van der Waals surface area (Å²) in [4.78, 5) is 24.3. The van der Waals surface area contributed by atoms with Gasteiger partial charge >= 0.3 is 0 Å². The topological polar surface area (TPSA) is 92.8 Å².